The molecule has 0 aromatic rings. The van der Waals surface area contributed by atoms with E-state index in [4.69, 9.17) is 0 Å². The quantitative estimate of drug-likeness (QED) is 0.455. The van der Waals surface area contributed by atoms with Crippen LogP contribution in [-0.2, 0) is 14.3 Å². The summed E-state index contributed by atoms with van der Waals surface area (Å²) in [4.78, 5) is 22.5. The van der Waals surface area contributed by atoms with Crippen LogP contribution in [0, 0.1) is 11.8 Å². The van der Waals surface area contributed by atoms with E-state index < -0.39 is 5.97 Å². The minimum atomic E-state index is -0.690. The van der Waals surface area contributed by atoms with Crippen molar-refractivity contribution in [3.63, 3.8) is 0 Å². The Balaban J connectivity index is 2.51. The molecular weight excluding hydrogens is 318 g/mol. The van der Waals surface area contributed by atoms with Gasteiger partial charge in [0.25, 0.3) is 0 Å². The van der Waals surface area contributed by atoms with Gasteiger partial charge in [-0.3, -0.25) is 9.59 Å². The molecule has 1 aliphatic rings. The molecule has 0 aliphatic carbocycles. The van der Waals surface area contributed by atoms with Crippen LogP contribution in [-0.4, -0.2) is 35.2 Å². The molecule has 5 heteroatoms. The second-order valence-corrected chi connectivity index (χ2v) is 8.95. The average Bonchev–Trinajstić information content (AvgIpc) is 2.45. The zero-order valence-corrected chi connectivity index (χ0v) is 16.7. The molecule has 1 aliphatic heterocycles. The molecule has 1 fully saturated rings. The number of nitrogens with one attached hydrogen (secondary N) is 1. The van der Waals surface area contributed by atoms with E-state index in [-0.39, 0.29) is 29.4 Å². The zero-order chi connectivity index (χ0) is 19.1. The first-order valence-electron chi connectivity index (χ1n) is 9.62. The number of methoxy groups -OCH3 is 1. The maximum absolute atomic E-state index is 11.4. The maximum Gasteiger partial charge on any atom is 0.305 e. The van der Waals surface area contributed by atoms with Gasteiger partial charge in [0, 0.05) is 23.9 Å². The average molecular weight is 356 g/mol. The van der Waals surface area contributed by atoms with Crippen molar-refractivity contribution in [2.24, 2.45) is 11.8 Å². The summed E-state index contributed by atoms with van der Waals surface area (Å²) in [6.45, 7) is 8.86. The number of ether oxygens (including phenoxy) is 1. The number of piperidine rings is 1. The van der Waals surface area contributed by atoms with Gasteiger partial charge in [0.2, 0.25) is 0 Å². The van der Waals surface area contributed by atoms with Crippen LogP contribution in [0.25, 0.3) is 0 Å². The van der Waals surface area contributed by atoms with Crippen molar-refractivity contribution in [2.75, 3.05) is 7.11 Å². The number of hydrogen-bond donors (Lipinski definition) is 2. The van der Waals surface area contributed by atoms with Gasteiger partial charge in [-0.1, -0.05) is 19.3 Å². The largest absolute Gasteiger partial charge is 0.481 e. The van der Waals surface area contributed by atoms with Crippen molar-refractivity contribution < 1.29 is 19.4 Å². The summed E-state index contributed by atoms with van der Waals surface area (Å²) in [5, 5.41) is 13.0. The number of unbranched alkanes of at least 4 members (excludes halogenated alkanes) is 3. The Hall–Kier alpha value is -1.10. The van der Waals surface area contributed by atoms with Crippen molar-refractivity contribution in [3.05, 3.63) is 0 Å². The van der Waals surface area contributed by atoms with E-state index in [2.05, 4.69) is 37.7 Å². The molecule has 0 aromatic carbocycles. The fourth-order valence-electron chi connectivity index (χ4n) is 4.59. The van der Waals surface area contributed by atoms with Gasteiger partial charge in [-0.2, -0.15) is 0 Å². The SMILES string of the molecule is COC(=O)CCCCCCC(CC(=O)O)C1CC(C)(C)NC(C)(C)C1. The van der Waals surface area contributed by atoms with Crippen LogP contribution < -0.4 is 5.32 Å². The van der Waals surface area contributed by atoms with Gasteiger partial charge >= 0.3 is 11.9 Å². The van der Waals surface area contributed by atoms with Crippen LogP contribution in [0.15, 0.2) is 0 Å². The van der Waals surface area contributed by atoms with Gasteiger partial charge < -0.3 is 15.2 Å². The summed E-state index contributed by atoms with van der Waals surface area (Å²) < 4.78 is 4.65. The molecule has 1 atom stereocenters. The molecule has 0 spiro atoms. The third kappa shape index (κ3) is 8.70. The Morgan fingerprint density at radius 3 is 2.16 bits per heavy atom. The lowest BCUT2D eigenvalue weighted by atomic mass is 9.69. The standard InChI is InChI=1S/C20H37NO4/c1-19(2)13-16(14-20(3,4)21-19)15(12-17(22)23)10-8-6-7-9-11-18(24)25-5/h15-16,21H,6-14H2,1-5H3,(H,22,23). The Kier molecular flexibility index (Phi) is 8.39. The normalized spacial score (nSPS) is 20.8. The highest BCUT2D eigenvalue weighted by atomic mass is 16.5. The summed E-state index contributed by atoms with van der Waals surface area (Å²) in [6.07, 6.45) is 7.68. The molecule has 0 amide bonds. The summed E-state index contributed by atoms with van der Waals surface area (Å²) in [5.41, 5.74) is 0.0906. The van der Waals surface area contributed by atoms with Crippen LogP contribution >= 0.6 is 0 Å². The number of rotatable bonds is 10. The smallest absolute Gasteiger partial charge is 0.305 e. The lowest BCUT2D eigenvalue weighted by molar-refractivity contribution is -0.141. The van der Waals surface area contributed by atoms with Crippen molar-refractivity contribution in [1.82, 2.24) is 5.32 Å². The lowest BCUT2D eigenvalue weighted by Crippen LogP contribution is -2.58. The molecule has 0 radical (unpaired) electrons. The van der Waals surface area contributed by atoms with E-state index in [1.54, 1.807) is 0 Å². The Morgan fingerprint density at radius 1 is 1.08 bits per heavy atom. The van der Waals surface area contributed by atoms with E-state index in [0.717, 1.165) is 44.9 Å². The van der Waals surface area contributed by atoms with E-state index in [0.29, 0.717) is 12.3 Å². The molecule has 146 valence electrons. The second-order valence-electron chi connectivity index (χ2n) is 8.95. The fraction of sp³-hybridized carbons (Fsp3) is 0.900. The number of hydrogen-bond acceptors (Lipinski definition) is 4. The number of carbonyl (C=O) groups excluding carboxylic acids is 1. The van der Waals surface area contributed by atoms with Gasteiger partial charge in [-0.25, -0.2) is 0 Å². The van der Waals surface area contributed by atoms with Crippen molar-refractivity contribution in [1.29, 1.82) is 0 Å². The summed E-state index contributed by atoms with van der Waals surface area (Å²) in [5.74, 6) is -0.163. The zero-order valence-electron chi connectivity index (χ0n) is 16.7. The van der Waals surface area contributed by atoms with Crippen LogP contribution in [0.3, 0.4) is 0 Å². The van der Waals surface area contributed by atoms with Gasteiger partial charge in [-0.15, -0.1) is 0 Å². The summed E-state index contributed by atoms with van der Waals surface area (Å²) in [6, 6.07) is 0. The molecule has 1 unspecified atom stereocenters. The van der Waals surface area contributed by atoms with Crippen molar-refractivity contribution in [3.8, 4) is 0 Å². The highest BCUT2D eigenvalue weighted by molar-refractivity contribution is 5.69. The first-order valence-corrected chi connectivity index (χ1v) is 9.62. The van der Waals surface area contributed by atoms with Gasteiger partial charge in [0.1, 0.15) is 0 Å². The Morgan fingerprint density at radius 2 is 1.64 bits per heavy atom. The molecular formula is C20H37NO4. The van der Waals surface area contributed by atoms with Crippen LogP contribution in [0.1, 0.15) is 85.5 Å². The first kappa shape index (κ1) is 21.9. The third-order valence-electron chi connectivity index (χ3n) is 5.26. The molecule has 0 aromatic heterocycles. The molecule has 0 saturated carbocycles. The Labute approximate surface area is 152 Å². The monoisotopic (exact) mass is 355 g/mol. The van der Waals surface area contributed by atoms with Gasteiger partial charge in [0.15, 0.2) is 0 Å². The highest BCUT2D eigenvalue weighted by Crippen LogP contribution is 2.40. The van der Waals surface area contributed by atoms with Gasteiger partial charge in [-0.05, 0) is 65.2 Å². The predicted molar refractivity (Wildman–Crippen MR) is 99.5 cm³/mol. The van der Waals surface area contributed by atoms with Crippen LogP contribution in [0.2, 0.25) is 0 Å². The van der Waals surface area contributed by atoms with Gasteiger partial charge in [0.05, 0.1) is 7.11 Å². The number of carbonyl (C=O) groups is 2. The minimum Gasteiger partial charge on any atom is -0.481 e. The van der Waals surface area contributed by atoms with Crippen molar-refractivity contribution >= 4 is 11.9 Å². The predicted octanol–water partition coefficient (Wildman–Crippen LogP) is 4.15. The number of carboxylic acid groups (broad SMARTS) is 1. The number of esters is 1. The van der Waals surface area contributed by atoms with E-state index in [1.807, 2.05) is 0 Å². The fourth-order valence-corrected chi connectivity index (χ4v) is 4.59. The third-order valence-corrected chi connectivity index (χ3v) is 5.26. The maximum atomic E-state index is 11.4. The van der Waals surface area contributed by atoms with Crippen LogP contribution in [0.4, 0.5) is 0 Å². The lowest BCUT2D eigenvalue weighted by Gasteiger charge is -2.48. The minimum absolute atomic E-state index is 0.0453. The van der Waals surface area contributed by atoms with E-state index >= 15 is 0 Å². The van der Waals surface area contributed by atoms with Crippen molar-refractivity contribution in [2.45, 2.75) is 96.6 Å². The highest BCUT2D eigenvalue weighted by Gasteiger charge is 2.40. The summed E-state index contributed by atoms with van der Waals surface area (Å²) >= 11 is 0. The Bertz CT molecular complexity index is 429. The van der Waals surface area contributed by atoms with E-state index in [9.17, 15) is 14.7 Å². The molecule has 25 heavy (non-hydrogen) atoms. The topological polar surface area (TPSA) is 75.6 Å². The molecule has 1 rings (SSSR count). The second kappa shape index (κ2) is 9.56. The summed E-state index contributed by atoms with van der Waals surface area (Å²) in [7, 11) is 1.42. The molecule has 2 N–H and O–H groups in total. The molecule has 1 saturated heterocycles. The molecule has 5 nitrogen and oxygen atoms in total. The van der Waals surface area contributed by atoms with E-state index in [1.165, 1.54) is 7.11 Å². The molecule has 0 bridgehead atoms. The number of aliphatic carboxylic acids is 1. The van der Waals surface area contributed by atoms with Crippen LogP contribution in [0.5, 0.6) is 0 Å². The number of carboxylic acids is 1. The first-order chi connectivity index (χ1) is 11.5. The molecule has 1 heterocycles.